The van der Waals surface area contributed by atoms with E-state index in [0.717, 1.165) is 6.42 Å². The lowest BCUT2D eigenvalue weighted by atomic mass is 9.77. The fourth-order valence-corrected chi connectivity index (χ4v) is 4.70. The maximum absolute atomic E-state index is 2.55. The minimum Gasteiger partial charge on any atom is -0.0836 e. The number of hydrogen-bond donors (Lipinski definition) is 0. The Kier molecular flexibility index (Phi) is 3.44. The van der Waals surface area contributed by atoms with Crippen LogP contribution >= 0.6 is 22.6 Å². The van der Waals surface area contributed by atoms with Crippen LogP contribution in [0.15, 0.2) is 60.2 Å². The molecule has 1 unspecified atom stereocenters. The van der Waals surface area contributed by atoms with Gasteiger partial charge in [-0.25, -0.2) is 0 Å². The molecule has 0 radical (unpaired) electrons. The van der Waals surface area contributed by atoms with Gasteiger partial charge in [0, 0.05) is 15.3 Å². The van der Waals surface area contributed by atoms with Crippen LogP contribution in [-0.4, -0.2) is 3.92 Å². The van der Waals surface area contributed by atoms with Gasteiger partial charge >= 0.3 is 0 Å². The van der Waals surface area contributed by atoms with Crippen LogP contribution in [0.2, 0.25) is 0 Å². The van der Waals surface area contributed by atoms with Crippen LogP contribution in [-0.2, 0) is 5.41 Å². The van der Waals surface area contributed by atoms with Gasteiger partial charge in [0.1, 0.15) is 0 Å². The van der Waals surface area contributed by atoms with Crippen LogP contribution in [0, 0.1) is 0 Å². The highest BCUT2D eigenvalue weighted by molar-refractivity contribution is 14.1. The van der Waals surface area contributed by atoms with E-state index in [-0.39, 0.29) is 5.41 Å². The second kappa shape index (κ2) is 5.23. The van der Waals surface area contributed by atoms with E-state index in [1.165, 1.54) is 28.7 Å². The first-order chi connectivity index (χ1) is 10.6. The molecule has 112 valence electrons. The van der Waals surface area contributed by atoms with Gasteiger partial charge in [0.05, 0.1) is 0 Å². The lowest BCUT2D eigenvalue weighted by molar-refractivity contribution is 0.610. The van der Waals surface area contributed by atoms with Gasteiger partial charge in [-0.05, 0) is 35.1 Å². The lowest BCUT2D eigenvalue weighted by Gasteiger charge is -2.28. The summed E-state index contributed by atoms with van der Waals surface area (Å²) < 4.78 is 0.635. The molecule has 2 atom stereocenters. The van der Waals surface area contributed by atoms with E-state index in [9.17, 15) is 0 Å². The Labute approximate surface area is 146 Å². The molecule has 0 fully saturated rings. The second-order valence-corrected chi connectivity index (χ2v) is 8.66. The van der Waals surface area contributed by atoms with Gasteiger partial charge in [-0.2, -0.15) is 0 Å². The van der Waals surface area contributed by atoms with Crippen molar-refractivity contribution >= 4 is 28.2 Å². The Balaban J connectivity index is 1.79. The minimum atomic E-state index is 0.170. The van der Waals surface area contributed by atoms with Gasteiger partial charge in [0.15, 0.2) is 0 Å². The molecule has 0 saturated carbocycles. The van der Waals surface area contributed by atoms with Gasteiger partial charge < -0.3 is 0 Å². The summed E-state index contributed by atoms with van der Waals surface area (Å²) in [6.45, 7) is 4.80. The fourth-order valence-electron chi connectivity index (χ4n) is 4.05. The Hall–Kier alpha value is -1.09. The quantitative estimate of drug-likeness (QED) is 0.395. The molecule has 1 heteroatoms. The van der Waals surface area contributed by atoms with Crippen LogP contribution in [0.1, 0.15) is 49.3 Å². The molecule has 3 aliphatic rings. The van der Waals surface area contributed by atoms with Crippen molar-refractivity contribution < 1.29 is 0 Å². The van der Waals surface area contributed by atoms with Crippen molar-refractivity contribution in [1.82, 2.24) is 0 Å². The van der Waals surface area contributed by atoms with Crippen molar-refractivity contribution in [2.75, 3.05) is 0 Å². The van der Waals surface area contributed by atoms with E-state index in [4.69, 9.17) is 0 Å². The molecular weight excluding hydrogens is 379 g/mol. The Morgan fingerprint density at radius 3 is 2.77 bits per heavy atom. The number of fused-ring (bicyclic) bond motifs is 2. The van der Waals surface area contributed by atoms with Crippen molar-refractivity contribution in [3.8, 4) is 0 Å². The van der Waals surface area contributed by atoms with Crippen LogP contribution in [0.25, 0.3) is 5.57 Å². The van der Waals surface area contributed by atoms with E-state index in [1.54, 1.807) is 5.57 Å². The first kappa shape index (κ1) is 14.5. The summed E-state index contributed by atoms with van der Waals surface area (Å²) in [4.78, 5) is 0. The zero-order valence-corrected chi connectivity index (χ0v) is 15.3. The summed E-state index contributed by atoms with van der Waals surface area (Å²) in [5.74, 6) is 0.539. The third kappa shape index (κ3) is 2.17. The number of halogens is 1. The molecule has 0 heterocycles. The number of benzene rings is 1. The van der Waals surface area contributed by atoms with Crippen LogP contribution in [0.5, 0.6) is 0 Å². The predicted molar refractivity (Wildman–Crippen MR) is 104 cm³/mol. The van der Waals surface area contributed by atoms with Crippen molar-refractivity contribution in [2.24, 2.45) is 0 Å². The maximum atomic E-state index is 2.55. The Morgan fingerprint density at radius 1 is 1.14 bits per heavy atom. The van der Waals surface area contributed by atoms with Crippen molar-refractivity contribution in [1.29, 1.82) is 0 Å². The number of rotatable bonds is 1. The molecule has 1 aromatic rings. The topological polar surface area (TPSA) is 0 Å². The fraction of sp³-hybridized carbons (Fsp3) is 0.333. The Morgan fingerprint density at radius 2 is 2.00 bits per heavy atom. The van der Waals surface area contributed by atoms with Crippen molar-refractivity contribution in [3.05, 3.63) is 76.9 Å². The summed E-state index contributed by atoms with van der Waals surface area (Å²) in [5, 5.41) is 0. The molecule has 1 aromatic carbocycles. The van der Waals surface area contributed by atoms with Gasteiger partial charge in [-0.15, -0.1) is 0 Å². The van der Waals surface area contributed by atoms with Crippen molar-refractivity contribution in [3.63, 3.8) is 0 Å². The molecule has 0 N–H and O–H groups in total. The molecule has 0 saturated heterocycles. The molecule has 4 rings (SSSR count). The monoisotopic (exact) mass is 400 g/mol. The third-order valence-electron chi connectivity index (χ3n) is 5.37. The molecule has 22 heavy (non-hydrogen) atoms. The predicted octanol–water partition coefficient (Wildman–Crippen LogP) is 6.09. The lowest BCUT2D eigenvalue weighted by Crippen LogP contribution is -2.20. The maximum Gasteiger partial charge on any atom is 0.0330 e. The first-order valence-corrected chi connectivity index (χ1v) is 9.36. The molecule has 0 spiro atoms. The average Bonchev–Trinajstić information content (AvgIpc) is 2.76. The summed E-state index contributed by atoms with van der Waals surface area (Å²) in [6.07, 6.45) is 16.0. The number of allylic oxidation sites excluding steroid dienone is 8. The van der Waals surface area contributed by atoms with Crippen LogP contribution in [0.3, 0.4) is 0 Å². The highest BCUT2D eigenvalue weighted by atomic mass is 127. The third-order valence-corrected chi connectivity index (χ3v) is 6.22. The number of hydrogen-bond acceptors (Lipinski definition) is 0. The van der Waals surface area contributed by atoms with Gasteiger partial charge in [0.2, 0.25) is 0 Å². The first-order valence-electron chi connectivity index (χ1n) is 8.11. The standard InChI is InChI=1S/C21H21I/c1-21(2)19-12-15(14-6-4-3-5-7-14)8-10-17(19)18-11-9-16(22)13-20(18)21/h3-6,8-12,14,16H,7,13H2,1-2H3/t14?,16-/m1/s1. The normalized spacial score (nSPS) is 28.0. The van der Waals surface area contributed by atoms with Crippen LogP contribution in [0.4, 0.5) is 0 Å². The average molecular weight is 400 g/mol. The molecule has 0 nitrogen and oxygen atoms in total. The van der Waals surface area contributed by atoms with Gasteiger partial charge in [-0.3, -0.25) is 0 Å². The zero-order chi connectivity index (χ0) is 15.3. The molecule has 0 bridgehead atoms. The van der Waals surface area contributed by atoms with E-state index < -0.39 is 0 Å². The van der Waals surface area contributed by atoms with Crippen LogP contribution < -0.4 is 0 Å². The summed E-state index contributed by atoms with van der Waals surface area (Å²) >= 11 is 2.55. The number of alkyl halides is 1. The second-order valence-electron chi connectivity index (χ2n) is 7.06. The Bertz CT molecular complexity index is 743. The highest BCUT2D eigenvalue weighted by Gasteiger charge is 2.38. The minimum absolute atomic E-state index is 0.170. The smallest absolute Gasteiger partial charge is 0.0330 e. The summed E-state index contributed by atoms with van der Waals surface area (Å²) in [5.41, 5.74) is 7.72. The molecule has 0 aliphatic heterocycles. The molecular formula is C21H21I. The molecule has 3 aliphatic carbocycles. The van der Waals surface area contributed by atoms with E-state index in [1.807, 2.05) is 0 Å². The van der Waals surface area contributed by atoms with E-state index >= 15 is 0 Å². The summed E-state index contributed by atoms with van der Waals surface area (Å²) in [6, 6.07) is 7.17. The summed E-state index contributed by atoms with van der Waals surface area (Å²) in [7, 11) is 0. The van der Waals surface area contributed by atoms with Gasteiger partial charge in [-0.1, -0.05) is 96.7 Å². The highest BCUT2D eigenvalue weighted by Crippen LogP contribution is 2.51. The molecule has 0 amide bonds. The molecule has 0 aromatic heterocycles. The van der Waals surface area contributed by atoms with E-state index in [0.29, 0.717) is 9.84 Å². The van der Waals surface area contributed by atoms with E-state index in [2.05, 4.69) is 91.1 Å². The largest absolute Gasteiger partial charge is 0.0836 e. The zero-order valence-electron chi connectivity index (χ0n) is 13.1. The van der Waals surface area contributed by atoms with Gasteiger partial charge in [0.25, 0.3) is 0 Å². The van der Waals surface area contributed by atoms with Crippen molar-refractivity contribution in [2.45, 2.75) is 41.9 Å². The SMILES string of the molecule is CC1(C)C2=C(C=C[C@@H](I)C2)c2ccc(C3C=CC=CC3)cc21.